The Morgan fingerprint density at radius 3 is 2.29 bits per heavy atom. The molecule has 1 aliphatic rings. The molecule has 1 rings (SSSR count). The summed E-state index contributed by atoms with van der Waals surface area (Å²) in [4.78, 5) is 10.3. The highest BCUT2D eigenvalue weighted by Crippen LogP contribution is 2.02. The number of hydrogen-bond acceptors (Lipinski definition) is 4. The third kappa shape index (κ3) is 4.04. The molecule has 5 N–H and O–H groups in total. The second-order valence-electron chi connectivity index (χ2n) is 3.72. The summed E-state index contributed by atoms with van der Waals surface area (Å²) in [6.45, 7) is 2.43. The first-order valence-corrected chi connectivity index (χ1v) is 5.11. The third-order valence-corrected chi connectivity index (χ3v) is 2.53. The molecule has 2 atom stereocenters. The quantitative estimate of drug-likeness (QED) is 0.464. The number of nitrogens with two attached hydrogens (primary N) is 1. The molecule has 1 aliphatic heterocycles. The van der Waals surface area contributed by atoms with Crippen LogP contribution in [0.15, 0.2) is 0 Å². The van der Waals surface area contributed by atoms with Crippen LogP contribution in [0.25, 0.3) is 0 Å². The van der Waals surface area contributed by atoms with E-state index in [0.717, 1.165) is 19.5 Å². The van der Waals surface area contributed by atoms with Crippen LogP contribution < -0.4 is 16.4 Å². The lowest BCUT2D eigenvalue weighted by Crippen LogP contribution is -2.54. The van der Waals surface area contributed by atoms with Crippen molar-refractivity contribution in [2.75, 3.05) is 19.6 Å². The number of carboxylic acids is 1. The van der Waals surface area contributed by atoms with E-state index in [2.05, 4.69) is 10.6 Å². The Morgan fingerprint density at radius 2 is 1.86 bits per heavy atom. The number of carboxylic acid groups (broad SMARTS) is 1. The summed E-state index contributed by atoms with van der Waals surface area (Å²) in [5.74, 6) is -0.726. The molecule has 0 aromatic carbocycles. The predicted octanol–water partition coefficient (Wildman–Crippen LogP) is -0.870. The summed E-state index contributed by atoms with van der Waals surface area (Å²) >= 11 is 0. The van der Waals surface area contributed by atoms with Gasteiger partial charge in [0.2, 0.25) is 0 Å². The highest BCUT2D eigenvalue weighted by molar-refractivity contribution is 5.66. The van der Waals surface area contributed by atoms with Crippen molar-refractivity contribution >= 4 is 5.97 Å². The lowest BCUT2D eigenvalue weighted by Gasteiger charge is -2.30. The van der Waals surface area contributed by atoms with Crippen molar-refractivity contribution < 1.29 is 9.90 Å². The molecule has 0 radical (unpaired) electrons. The van der Waals surface area contributed by atoms with Crippen LogP contribution in [-0.2, 0) is 4.79 Å². The first-order chi connectivity index (χ1) is 6.72. The van der Waals surface area contributed by atoms with Crippen LogP contribution in [0.4, 0.5) is 0 Å². The molecular weight excluding hydrogens is 182 g/mol. The second kappa shape index (κ2) is 5.95. The molecular formula is C9H19N3O2. The molecule has 0 aromatic heterocycles. The van der Waals surface area contributed by atoms with Crippen molar-refractivity contribution in [2.24, 2.45) is 5.73 Å². The van der Waals surface area contributed by atoms with Gasteiger partial charge in [-0.05, 0) is 19.4 Å². The van der Waals surface area contributed by atoms with Crippen LogP contribution >= 0.6 is 0 Å². The molecule has 1 fully saturated rings. The summed E-state index contributed by atoms with van der Waals surface area (Å²) in [6, 6.07) is 0.737. The van der Waals surface area contributed by atoms with Gasteiger partial charge in [-0.3, -0.25) is 4.79 Å². The van der Waals surface area contributed by atoms with Crippen LogP contribution in [0.1, 0.15) is 19.3 Å². The molecule has 5 heteroatoms. The first kappa shape index (κ1) is 11.4. The van der Waals surface area contributed by atoms with Crippen molar-refractivity contribution in [2.45, 2.75) is 31.3 Å². The monoisotopic (exact) mass is 201 g/mol. The van der Waals surface area contributed by atoms with E-state index in [-0.39, 0.29) is 6.42 Å². The average Bonchev–Trinajstić information content (AvgIpc) is 2.17. The largest absolute Gasteiger partial charge is 0.481 e. The standard InChI is InChI=1S/C9H19N3O2/c10-4-3-8-6-11-7(5-12-8)1-2-9(13)14/h7-8,11-12H,1-6,10H2,(H,13,14)/t7-,8+/m0/s1. The maximum Gasteiger partial charge on any atom is 0.303 e. The minimum atomic E-state index is -0.726. The van der Waals surface area contributed by atoms with Gasteiger partial charge < -0.3 is 21.5 Å². The lowest BCUT2D eigenvalue weighted by atomic mass is 10.1. The fraction of sp³-hybridized carbons (Fsp3) is 0.889. The van der Waals surface area contributed by atoms with E-state index in [1.807, 2.05) is 0 Å². The van der Waals surface area contributed by atoms with Crippen molar-refractivity contribution in [3.05, 3.63) is 0 Å². The van der Waals surface area contributed by atoms with Gasteiger partial charge in [-0.15, -0.1) is 0 Å². The van der Waals surface area contributed by atoms with Crippen LogP contribution in [0.3, 0.4) is 0 Å². The van der Waals surface area contributed by atoms with Gasteiger partial charge in [-0.2, -0.15) is 0 Å². The molecule has 0 unspecified atom stereocenters. The van der Waals surface area contributed by atoms with Gasteiger partial charge >= 0.3 is 5.97 Å². The van der Waals surface area contributed by atoms with E-state index in [1.54, 1.807) is 0 Å². The number of aliphatic carboxylic acids is 1. The van der Waals surface area contributed by atoms with E-state index in [1.165, 1.54) is 0 Å². The Kier molecular flexibility index (Phi) is 4.86. The normalized spacial score (nSPS) is 27.5. The number of hydrogen-bond donors (Lipinski definition) is 4. The van der Waals surface area contributed by atoms with E-state index in [9.17, 15) is 4.79 Å². The zero-order valence-corrected chi connectivity index (χ0v) is 8.33. The van der Waals surface area contributed by atoms with Crippen LogP contribution in [-0.4, -0.2) is 42.8 Å². The Balaban J connectivity index is 2.12. The molecule has 1 saturated heterocycles. The van der Waals surface area contributed by atoms with E-state index in [4.69, 9.17) is 10.8 Å². The Labute approximate surface area is 84.0 Å². The highest BCUT2D eigenvalue weighted by atomic mass is 16.4. The van der Waals surface area contributed by atoms with Crippen LogP contribution in [0, 0.1) is 0 Å². The second-order valence-corrected chi connectivity index (χ2v) is 3.72. The van der Waals surface area contributed by atoms with Crippen LogP contribution in [0.2, 0.25) is 0 Å². The average molecular weight is 201 g/mol. The number of nitrogens with one attached hydrogen (secondary N) is 2. The maximum atomic E-state index is 10.3. The maximum absolute atomic E-state index is 10.3. The molecule has 0 bridgehead atoms. The van der Waals surface area contributed by atoms with Gasteiger partial charge in [0.05, 0.1) is 0 Å². The number of carbonyl (C=O) groups is 1. The van der Waals surface area contributed by atoms with Gasteiger partial charge in [0, 0.05) is 31.6 Å². The minimum absolute atomic E-state index is 0.237. The van der Waals surface area contributed by atoms with E-state index < -0.39 is 5.97 Å². The molecule has 82 valence electrons. The van der Waals surface area contributed by atoms with Crippen molar-refractivity contribution in [3.63, 3.8) is 0 Å². The lowest BCUT2D eigenvalue weighted by molar-refractivity contribution is -0.137. The van der Waals surface area contributed by atoms with Gasteiger partial charge in [0.1, 0.15) is 0 Å². The molecule has 0 amide bonds. The summed E-state index contributed by atoms with van der Waals surface area (Å²) < 4.78 is 0. The Morgan fingerprint density at radius 1 is 1.29 bits per heavy atom. The highest BCUT2D eigenvalue weighted by Gasteiger charge is 2.19. The molecule has 0 saturated carbocycles. The van der Waals surface area contributed by atoms with Gasteiger partial charge in [-0.25, -0.2) is 0 Å². The fourth-order valence-corrected chi connectivity index (χ4v) is 1.67. The number of rotatable bonds is 5. The van der Waals surface area contributed by atoms with Gasteiger partial charge in [0.15, 0.2) is 0 Å². The predicted molar refractivity (Wildman–Crippen MR) is 54.1 cm³/mol. The topological polar surface area (TPSA) is 87.4 Å². The summed E-state index contributed by atoms with van der Waals surface area (Å²) in [5, 5.41) is 15.2. The zero-order valence-electron chi connectivity index (χ0n) is 8.33. The zero-order chi connectivity index (χ0) is 10.4. The minimum Gasteiger partial charge on any atom is -0.481 e. The van der Waals surface area contributed by atoms with Crippen molar-refractivity contribution in [1.29, 1.82) is 0 Å². The molecule has 0 aliphatic carbocycles. The smallest absolute Gasteiger partial charge is 0.303 e. The van der Waals surface area contributed by atoms with Gasteiger partial charge in [0.25, 0.3) is 0 Å². The third-order valence-electron chi connectivity index (χ3n) is 2.53. The SMILES string of the molecule is NCC[C@@H]1CN[C@@H](CCC(=O)O)CN1. The Hall–Kier alpha value is -0.650. The Bertz CT molecular complexity index is 179. The number of piperazine rings is 1. The van der Waals surface area contributed by atoms with Gasteiger partial charge in [-0.1, -0.05) is 0 Å². The van der Waals surface area contributed by atoms with Crippen molar-refractivity contribution in [3.8, 4) is 0 Å². The first-order valence-electron chi connectivity index (χ1n) is 5.11. The molecule has 0 spiro atoms. The molecule has 14 heavy (non-hydrogen) atoms. The summed E-state index contributed by atoms with van der Waals surface area (Å²) in [6.07, 6.45) is 1.90. The summed E-state index contributed by atoms with van der Waals surface area (Å²) in [7, 11) is 0. The molecule has 0 aromatic rings. The van der Waals surface area contributed by atoms with Crippen molar-refractivity contribution in [1.82, 2.24) is 10.6 Å². The summed E-state index contributed by atoms with van der Waals surface area (Å²) in [5.41, 5.74) is 5.45. The van der Waals surface area contributed by atoms with E-state index >= 15 is 0 Å². The van der Waals surface area contributed by atoms with E-state index in [0.29, 0.717) is 25.0 Å². The fourth-order valence-electron chi connectivity index (χ4n) is 1.67. The molecule has 1 heterocycles. The van der Waals surface area contributed by atoms with Crippen LogP contribution in [0.5, 0.6) is 0 Å². The molecule has 5 nitrogen and oxygen atoms in total.